The van der Waals surface area contributed by atoms with Gasteiger partial charge in [-0.25, -0.2) is 4.79 Å². The maximum absolute atomic E-state index is 11.5. The van der Waals surface area contributed by atoms with E-state index in [4.69, 9.17) is 4.74 Å². The smallest absolute Gasteiger partial charge is 0.337 e. The minimum absolute atomic E-state index is 0.0895. The molecule has 5 heteroatoms. The average molecular weight is 228 g/mol. The zero-order valence-corrected chi connectivity index (χ0v) is 9.29. The van der Waals surface area contributed by atoms with Crippen LogP contribution in [-0.4, -0.2) is 35.7 Å². The fraction of sp³-hybridized carbons (Fsp3) is 0.727. The number of carbonyl (C=O) groups is 1. The number of esters is 1. The third-order valence-corrected chi connectivity index (χ3v) is 3.66. The van der Waals surface area contributed by atoms with E-state index in [0.29, 0.717) is 12.0 Å². The molecule has 5 nitrogen and oxygen atoms in total. The van der Waals surface area contributed by atoms with E-state index >= 15 is 0 Å². The molecule has 2 rings (SSSR count). The van der Waals surface area contributed by atoms with Crippen molar-refractivity contribution in [2.45, 2.75) is 25.7 Å². The van der Waals surface area contributed by atoms with Gasteiger partial charge in [0.1, 0.15) is 0 Å². The predicted molar refractivity (Wildman–Crippen MR) is 54.0 cm³/mol. The average Bonchev–Trinajstić information content (AvgIpc) is 2.56. The van der Waals surface area contributed by atoms with Crippen molar-refractivity contribution >= 4 is 5.97 Å². The molecule has 5 atom stereocenters. The molecule has 1 saturated carbocycles. The first-order valence-electron chi connectivity index (χ1n) is 5.36. The third-order valence-electron chi connectivity index (χ3n) is 3.66. The number of aliphatic hydroxyl groups excluding tert-OH is 2. The Morgan fingerprint density at radius 1 is 1.56 bits per heavy atom. The number of fused-ring (bicyclic) bond motifs is 1. The largest absolute Gasteiger partial charge is 0.472 e. The van der Waals surface area contributed by atoms with Gasteiger partial charge in [0.15, 0.2) is 6.29 Å². The minimum Gasteiger partial charge on any atom is -0.472 e. The second kappa shape index (κ2) is 4.07. The summed E-state index contributed by atoms with van der Waals surface area (Å²) in [4.78, 5) is 11.5. The zero-order chi connectivity index (χ0) is 11.9. The van der Waals surface area contributed by atoms with E-state index in [0.717, 1.165) is 0 Å². The molecule has 1 aliphatic heterocycles. The fourth-order valence-corrected chi connectivity index (χ4v) is 2.69. The summed E-state index contributed by atoms with van der Waals surface area (Å²) in [6.45, 7) is 1.85. The van der Waals surface area contributed by atoms with Crippen LogP contribution in [0, 0.1) is 17.8 Å². The SMILES string of the molecule is COC(=O)C1=CO[C@@H](O)[C@@H]2[C@H](C)[C@@H](O)C[C@H]12. The van der Waals surface area contributed by atoms with Crippen LogP contribution in [0.5, 0.6) is 0 Å². The summed E-state index contributed by atoms with van der Waals surface area (Å²) >= 11 is 0. The summed E-state index contributed by atoms with van der Waals surface area (Å²) in [7, 11) is 1.30. The van der Waals surface area contributed by atoms with Crippen LogP contribution in [-0.2, 0) is 14.3 Å². The van der Waals surface area contributed by atoms with Gasteiger partial charge in [-0.2, -0.15) is 0 Å². The van der Waals surface area contributed by atoms with Gasteiger partial charge in [-0.3, -0.25) is 0 Å². The van der Waals surface area contributed by atoms with Crippen LogP contribution >= 0.6 is 0 Å². The molecule has 0 radical (unpaired) electrons. The third kappa shape index (κ3) is 1.60. The molecular weight excluding hydrogens is 212 g/mol. The van der Waals surface area contributed by atoms with E-state index in [1.54, 1.807) is 0 Å². The van der Waals surface area contributed by atoms with Crippen molar-refractivity contribution in [1.82, 2.24) is 0 Å². The van der Waals surface area contributed by atoms with E-state index in [1.165, 1.54) is 13.4 Å². The van der Waals surface area contributed by atoms with E-state index < -0.39 is 18.4 Å². The van der Waals surface area contributed by atoms with Gasteiger partial charge in [0.05, 0.1) is 25.0 Å². The molecule has 0 amide bonds. The van der Waals surface area contributed by atoms with Crippen LogP contribution in [0.25, 0.3) is 0 Å². The van der Waals surface area contributed by atoms with Crippen molar-refractivity contribution in [2.75, 3.05) is 7.11 Å². The van der Waals surface area contributed by atoms with Gasteiger partial charge in [-0.1, -0.05) is 6.92 Å². The maximum atomic E-state index is 11.5. The molecule has 90 valence electrons. The summed E-state index contributed by atoms with van der Waals surface area (Å²) in [6, 6.07) is 0. The van der Waals surface area contributed by atoms with Crippen molar-refractivity contribution < 1.29 is 24.5 Å². The lowest BCUT2D eigenvalue weighted by molar-refractivity contribution is -0.145. The van der Waals surface area contributed by atoms with Crippen LogP contribution in [0.2, 0.25) is 0 Å². The highest BCUT2D eigenvalue weighted by atomic mass is 16.6. The van der Waals surface area contributed by atoms with Crippen molar-refractivity contribution in [3.63, 3.8) is 0 Å². The second-order valence-electron chi connectivity index (χ2n) is 4.44. The molecular formula is C11H16O5. The molecule has 1 heterocycles. The molecule has 0 spiro atoms. The first-order valence-corrected chi connectivity index (χ1v) is 5.36. The van der Waals surface area contributed by atoms with Gasteiger partial charge in [0.2, 0.25) is 0 Å². The van der Waals surface area contributed by atoms with Crippen LogP contribution in [0.3, 0.4) is 0 Å². The fourth-order valence-electron chi connectivity index (χ4n) is 2.69. The van der Waals surface area contributed by atoms with Gasteiger partial charge >= 0.3 is 5.97 Å². The number of carbonyl (C=O) groups excluding carboxylic acids is 1. The highest BCUT2D eigenvalue weighted by molar-refractivity contribution is 5.89. The molecule has 1 aliphatic carbocycles. The summed E-state index contributed by atoms with van der Waals surface area (Å²) in [5, 5.41) is 19.5. The minimum atomic E-state index is -0.953. The predicted octanol–water partition coefficient (Wildman–Crippen LogP) is 0.0250. The number of hydrogen-bond donors (Lipinski definition) is 2. The van der Waals surface area contributed by atoms with Crippen LogP contribution in [0.15, 0.2) is 11.8 Å². The van der Waals surface area contributed by atoms with Crippen molar-refractivity contribution in [3.05, 3.63) is 11.8 Å². The summed E-state index contributed by atoms with van der Waals surface area (Å²) in [6.07, 6.45) is 0.250. The number of hydrogen-bond acceptors (Lipinski definition) is 5. The highest BCUT2D eigenvalue weighted by Crippen LogP contribution is 2.45. The summed E-state index contributed by atoms with van der Waals surface area (Å²) in [5.41, 5.74) is 0.404. The maximum Gasteiger partial charge on any atom is 0.337 e. The second-order valence-corrected chi connectivity index (χ2v) is 4.44. The molecule has 0 unspecified atom stereocenters. The molecule has 0 aromatic heterocycles. The standard InChI is InChI=1S/C11H16O5/c1-5-8(12)3-6-7(10(13)15-2)4-16-11(14)9(5)6/h4-6,8-9,11-12,14H,3H2,1-2H3/t5-,6-,8+,9-,11-/m1/s1. The molecule has 0 aromatic rings. The topological polar surface area (TPSA) is 76.0 Å². The van der Waals surface area contributed by atoms with Crippen molar-refractivity contribution in [1.29, 1.82) is 0 Å². The van der Waals surface area contributed by atoms with Crippen molar-refractivity contribution in [3.8, 4) is 0 Å². The van der Waals surface area contributed by atoms with E-state index in [2.05, 4.69) is 4.74 Å². The Bertz CT molecular complexity index is 324. The van der Waals surface area contributed by atoms with E-state index in [9.17, 15) is 15.0 Å². The normalized spacial score (nSPS) is 42.0. The number of methoxy groups -OCH3 is 1. The van der Waals surface area contributed by atoms with Gasteiger partial charge < -0.3 is 19.7 Å². The Balaban J connectivity index is 2.28. The van der Waals surface area contributed by atoms with Gasteiger partial charge in [-0.15, -0.1) is 0 Å². The molecule has 1 fully saturated rings. The van der Waals surface area contributed by atoms with Gasteiger partial charge in [0, 0.05) is 11.8 Å². The molecule has 0 bridgehead atoms. The first kappa shape index (κ1) is 11.4. The van der Waals surface area contributed by atoms with E-state index in [-0.39, 0.29) is 17.8 Å². The Labute approximate surface area is 93.7 Å². The zero-order valence-electron chi connectivity index (χ0n) is 9.29. The monoisotopic (exact) mass is 228 g/mol. The Morgan fingerprint density at radius 2 is 2.25 bits per heavy atom. The molecule has 2 aliphatic rings. The van der Waals surface area contributed by atoms with Gasteiger partial charge in [-0.05, 0) is 12.3 Å². The van der Waals surface area contributed by atoms with E-state index in [1.807, 2.05) is 6.92 Å². The Kier molecular flexibility index (Phi) is 2.90. The molecule has 2 N–H and O–H groups in total. The quantitative estimate of drug-likeness (QED) is 0.619. The lowest BCUT2D eigenvalue weighted by Crippen LogP contribution is -2.36. The number of aliphatic hydroxyl groups is 2. The molecule has 16 heavy (non-hydrogen) atoms. The van der Waals surface area contributed by atoms with Crippen LogP contribution < -0.4 is 0 Å². The lowest BCUT2D eigenvalue weighted by Gasteiger charge is -2.31. The van der Waals surface area contributed by atoms with Crippen LogP contribution in [0.4, 0.5) is 0 Å². The Morgan fingerprint density at radius 3 is 2.88 bits per heavy atom. The molecule has 0 saturated heterocycles. The number of rotatable bonds is 1. The number of ether oxygens (including phenoxy) is 2. The highest BCUT2D eigenvalue weighted by Gasteiger charge is 2.49. The Hall–Kier alpha value is -1.07. The molecule has 0 aromatic carbocycles. The van der Waals surface area contributed by atoms with Crippen molar-refractivity contribution in [2.24, 2.45) is 17.8 Å². The van der Waals surface area contributed by atoms with Crippen LogP contribution in [0.1, 0.15) is 13.3 Å². The summed E-state index contributed by atoms with van der Waals surface area (Å²) in [5.74, 6) is -0.966. The van der Waals surface area contributed by atoms with Gasteiger partial charge in [0.25, 0.3) is 0 Å². The first-order chi connectivity index (χ1) is 7.56. The summed E-state index contributed by atoms with van der Waals surface area (Å²) < 4.78 is 9.68. The lowest BCUT2D eigenvalue weighted by atomic mass is 9.83.